The first-order valence-electron chi connectivity index (χ1n) is 14.0. The Bertz CT molecular complexity index is 1870. The van der Waals surface area contributed by atoms with Crippen LogP contribution in [0.25, 0.3) is 11.4 Å². The summed E-state index contributed by atoms with van der Waals surface area (Å²) >= 11 is 0. The largest absolute Gasteiger partial charge is 0.385 e. The molecule has 7 rings (SSSR count). The van der Waals surface area contributed by atoms with E-state index in [-0.39, 0.29) is 34.3 Å². The fraction of sp³-hybridized carbons (Fsp3) is 0.312. The number of carbonyl (C=O) groups excluding carboxylic acids is 1. The van der Waals surface area contributed by atoms with Crippen LogP contribution in [0, 0.1) is 19.3 Å². The number of rotatable bonds is 6. The normalized spacial score (nSPS) is 26.3. The van der Waals surface area contributed by atoms with E-state index < -0.39 is 27.1 Å². The third-order valence-electron chi connectivity index (χ3n) is 9.50. The maximum absolute atomic E-state index is 14.1. The Balaban J connectivity index is 1.33. The van der Waals surface area contributed by atoms with Crippen molar-refractivity contribution in [3.8, 4) is 17.1 Å². The van der Waals surface area contributed by atoms with Gasteiger partial charge in [-0.05, 0) is 86.1 Å². The Kier molecular flexibility index (Phi) is 5.84. The lowest BCUT2D eigenvalue weighted by Gasteiger charge is -2.41. The summed E-state index contributed by atoms with van der Waals surface area (Å²) < 4.78 is 33.9. The Morgan fingerprint density at radius 1 is 1.10 bits per heavy atom. The Labute approximate surface area is 244 Å². The third-order valence-corrected chi connectivity index (χ3v) is 10.7. The number of pyridine rings is 1. The summed E-state index contributed by atoms with van der Waals surface area (Å²) in [6.07, 6.45) is 4.81. The first kappa shape index (κ1) is 26.7. The van der Waals surface area contributed by atoms with Gasteiger partial charge in [0.15, 0.2) is 5.78 Å². The number of benzene rings is 2. The van der Waals surface area contributed by atoms with Gasteiger partial charge in [0.2, 0.25) is 0 Å². The molecule has 0 saturated heterocycles. The zero-order valence-electron chi connectivity index (χ0n) is 23.3. The van der Waals surface area contributed by atoms with Crippen molar-refractivity contribution in [2.75, 3.05) is 0 Å². The second kappa shape index (κ2) is 9.17. The SMILES string of the molecule is C=C1C(=O)[C@]23C[C@@]1(O)CC[C@H]2c1ccc(OS(=O)(=O)c2ccc(C)cc2)c(C)c1[C@@H]3Cn1cc(-c2ccccn2)nn1. The summed E-state index contributed by atoms with van der Waals surface area (Å²) in [4.78, 5) is 18.5. The van der Waals surface area contributed by atoms with Crippen LogP contribution in [0.5, 0.6) is 5.75 Å². The van der Waals surface area contributed by atoms with E-state index in [0.29, 0.717) is 36.3 Å². The molecule has 2 heterocycles. The van der Waals surface area contributed by atoms with E-state index in [1.54, 1.807) is 35.3 Å². The van der Waals surface area contributed by atoms with Gasteiger partial charge in [-0.2, -0.15) is 8.42 Å². The van der Waals surface area contributed by atoms with E-state index in [4.69, 9.17) is 4.18 Å². The topological polar surface area (TPSA) is 124 Å². The number of aromatic nitrogens is 4. The minimum atomic E-state index is -4.10. The van der Waals surface area contributed by atoms with E-state index in [0.717, 1.165) is 16.7 Å². The molecule has 9 nitrogen and oxygen atoms in total. The number of aryl methyl sites for hydroxylation is 1. The van der Waals surface area contributed by atoms with E-state index in [1.165, 1.54) is 12.1 Å². The molecular formula is C32H30N4O5S. The third kappa shape index (κ3) is 3.81. The molecule has 4 atom stereocenters. The number of hydrogen-bond acceptors (Lipinski definition) is 8. The highest BCUT2D eigenvalue weighted by Gasteiger charge is 2.69. The van der Waals surface area contributed by atoms with Crippen LogP contribution in [-0.4, -0.2) is 44.9 Å². The van der Waals surface area contributed by atoms with Crippen molar-refractivity contribution < 1.29 is 22.5 Å². The summed E-state index contributed by atoms with van der Waals surface area (Å²) in [7, 11) is -4.10. The molecule has 2 aromatic carbocycles. The summed E-state index contributed by atoms with van der Waals surface area (Å²) in [5, 5.41) is 20.2. The van der Waals surface area contributed by atoms with E-state index >= 15 is 0 Å². The van der Waals surface area contributed by atoms with Crippen LogP contribution in [0.1, 0.15) is 53.4 Å². The molecule has 42 heavy (non-hydrogen) atoms. The van der Waals surface area contributed by atoms with Crippen LogP contribution in [0.3, 0.4) is 0 Å². The number of carbonyl (C=O) groups is 1. The number of Topliss-reactive ketones (excluding diaryl/α,β-unsaturated/α-hetero) is 1. The number of nitrogens with zero attached hydrogens (tertiary/aromatic N) is 4. The molecule has 3 aliphatic rings. The van der Waals surface area contributed by atoms with Gasteiger partial charge in [0.1, 0.15) is 16.3 Å². The van der Waals surface area contributed by atoms with Crippen molar-refractivity contribution in [3.63, 3.8) is 0 Å². The summed E-state index contributed by atoms with van der Waals surface area (Å²) in [6, 6.07) is 15.6. The predicted molar refractivity (Wildman–Crippen MR) is 154 cm³/mol. The summed E-state index contributed by atoms with van der Waals surface area (Å²) in [6.45, 7) is 8.05. The molecule has 1 spiro atoms. The molecule has 1 N–H and O–H groups in total. The first-order chi connectivity index (χ1) is 20.0. The standard InChI is InChI=1S/C32H30N4O5S/c1-19-7-9-22(10-8-19)42(39,40)41-28-12-11-23-24-13-14-31(38)18-32(24,30(37)21(31)3)25(29(23)20(28)2)16-36-17-27(34-35-36)26-6-4-5-15-33-26/h4-12,15,17,24-25,38H,3,13-14,16,18H2,1-2H3/t24-,25-,31-,32+/m0/s1. The van der Waals surface area contributed by atoms with Gasteiger partial charge in [-0.15, -0.1) is 5.10 Å². The van der Waals surface area contributed by atoms with Crippen molar-refractivity contribution in [2.45, 2.75) is 62.0 Å². The van der Waals surface area contributed by atoms with Gasteiger partial charge in [-0.3, -0.25) is 14.5 Å². The van der Waals surface area contributed by atoms with Crippen LogP contribution < -0.4 is 4.18 Å². The molecule has 2 fully saturated rings. The van der Waals surface area contributed by atoms with E-state index in [1.807, 2.05) is 38.1 Å². The lowest BCUT2D eigenvalue weighted by Crippen LogP contribution is -2.41. The molecule has 214 valence electrons. The number of ketones is 1. The average molecular weight is 583 g/mol. The fourth-order valence-electron chi connectivity index (χ4n) is 7.46. The minimum absolute atomic E-state index is 0.0637. The van der Waals surface area contributed by atoms with Gasteiger partial charge in [0, 0.05) is 17.7 Å². The summed E-state index contributed by atoms with van der Waals surface area (Å²) in [5.74, 6) is -0.487. The quantitative estimate of drug-likeness (QED) is 0.258. The number of aliphatic hydroxyl groups is 1. The molecule has 3 aliphatic carbocycles. The molecule has 2 aromatic heterocycles. The monoisotopic (exact) mass is 582 g/mol. The zero-order valence-corrected chi connectivity index (χ0v) is 24.1. The van der Waals surface area contributed by atoms with Crippen molar-refractivity contribution >= 4 is 15.9 Å². The van der Waals surface area contributed by atoms with Crippen LogP contribution in [0.2, 0.25) is 0 Å². The molecule has 0 amide bonds. The Morgan fingerprint density at radius 3 is 2.62 bits per heavy atom. The predicted octanol–water partition coefficient (Wildman–Crippen LogP) is 4.65. The summed E-state index contributed by atoms with van der Waals surface area (Å²) in [5.41, 5.74) is 2.78. The van der Waals surface area contributed by atoms with Crippen LogP contribution in [0.4, 0.5) is 0 Å². The molecule has 4 aromatic rings. The second-order valence-corrected chi connectivity index (χ2v) is 13.3. The van der Waals surface area contributed by atoms with Gasteiger partial charge < -0.3 is 9.29 Å². The Morgan fingerprint density at radius 2 is 1.88 bits per heavy atom. The molecule has 0 aliphatic heterocycles. The highest BCUT2D eigenvalue weighted by molar-refractivity contribution is 7.87. The Hall–Kier alpha value is -4.15. The van der Waals surface area contributed by atoms with Crippen molar-refractivity contribution in [3.05, 3.63) is 101 Å². The van der Waals surface area contributed by atoms with Gasteiger partial charge in [0.25, 0.3) is 0 Å². The van der Waals surface area contributed by atoms with Crippen molar-refractivity contribution in [2.24, 2.45) is 5.41 Å². The molecule has 0 radical (unpaired) electrons. The van der Waals surface area contributed by atoms with Gasteiger partial charge in [0.05, 0.1) is 29.5 Å². The van der Waals surface area contributed by atoms with Gasteiger partial charge >= 0.3 is 10.1 Å². The highest BCUT2D eigenvalue weighted by Crippen LogP contribution is 2.70. The van der Waals surface area contributed by atoms with Crippen molar-refractivity contribution in [1.82, 2.24) is 20.0 Å². The van der Waals surface area contributed by atoms with E-state index in [9.17, 15) is 18.3 Å². The van der Waals surface area contributed by atoms with Crippen LogP contribution >= 0.6 is 0 Å². The van der Waals surface area contributed by atoms with Crippen LogP contribution in [0.15, 0.2) is 84.0 Å². The highest BCUT2D eigenvalue weighted by atomic mass is 32.2. The molecule has 10 heteroatoms. The smallest absolute Gasteiger partial charge is 0.339 e. The van der Waals surface area contributed by atoms with Crippen molar-refractivity contribution in [1.29, 1.82) is 0 Å². The van der Waals surface area contributed by atoms with E-state index in [2.05, 4.69) is 21.9 Å². The zero-order chi connectivity index (χ0) is 29.4. The van der Waals surface area contributed by atoms with Gasteiger partial charge in [-0.25, -0.2) is 0 Å². The maximum atomic E-state index is 14.1. The first-order valence-corrected chi connectivity index (χ1v) is 15.4. The number of hydrogen-bond donors (Lipinski definition) is 1. The minimum Gasteiger partial charge on any atom is -0.385 e. The fourth-order valence-corrected chi connectivity index (χ4v) is 8.44. The molecular weight excluding hydrogens is 552 g/mol. The number of fused-ring (bicyclic) bond motifs is 3. The average Bonchev–Trinajstić information content (AvgIpc) is 3.59. The van der Waals surface area contributed by atoms with Crippen LogP contribution in [-0.2, 0) is 21.5 Å². The second-order valence-electron chi connectivity index (χ2n) is 11.8. The maximum Gasteiger partial charge on any atom is 0.339 e. The lowest BCUT2D eigenvalue weighted by molar-refractivity contribution is -0.126. The van der Waals surface area contributed by atoms with Gasteiger partial charge in [-0.1, -0.05) is 41.6 Å². The molecule has 2 bridgehead atoms. The molecule has 0 unspecified atom stereocenters. The molecule has 2 saturated carbocycles. The lowest BCUT2D eigenvalue weighted by atomic mass is 9.62.